The van der Waals surface area contributed by atoms with Crippen LogP contribution in [-0.2, 0) is 16.1 Å². The van der Waals surface area contributed by atoms with Crippen molar-refractivity contribution in [2.75, 3.05) is 12.8 Å². The zero-order valence-corrected chi connectivity index (χ0v) is 11.8. The second kappa shape index (κ2) is 5.94. The van der Waals surface area contributed by atoms with Gasteiger partial charge in [0.05, 0.1) is 7.11 Å². The van der Waals surface area contributed by atoms with Gasteiger partial charge in [0.25, 0.3) is 0 Å². The minimum absolute atomic E-state index is 0.0667. The summed E-state index contributed by atoms with van der Waals surface area (Å²) in [7, 11) is 1.29. The molecule has 1 amide bonds. The molecule has 1 aromatic rings. The Morgan fingerprint density at radius 2 is 2.20 bits per heavy atom. The molecule has 1 aliphatic carbocycles. The van der Waals surface area contributed by atoms with E-state index in [1.165, 1.54) is 7.11 Å². The van der Waals surface area contributed by atoms with Gasteiger partial charge in [0.2, 0.25) is 5.91 Å². The number of imidazole rings is 1. The van der Waals surface area contributed by atoms with E-state index in [1.807, 2.05) is 0 Å². The molecule has 0 radical (unpaired) electrons. The van der Waals surface area contributed by atoms with E-state index in [4.69, 9.17) is 5.73 Å². The Hall–Kier alpha value is -2.05. The van der Waals surface area contributed by atoms with E-state index in [1.54, 1.807) is 11.5 Å². The number of anilines is 1. The predicted octanol–water partition coefficient (Wildman–Crippen LogP) is 0.619. The highest BCUT2D eigenvalue weighted by molar-refractivity contribution is 5.92. The van der Waals surface area contributed by atoms with Crippen LogP contribution >= 0.6 is 0 Å². The third-order valence-electron chi connectivity index (χ3n) is 3.30. The summed E-state index contributed by atoms with van der Waals surface area (Å²) in [4.78, 5) is 27.1. The molecule has 1 aliphatic rings. The van der Waals surface area contributed by atoms with Gasteiger partial charge in [-0.05, 0) is 26.2 Å². The normalized spacial score (nSPS) is 14.1. The van der Waals surface area contributed by atoms with Crippen LogP contribution in [0.2, 0.25) is 0 Å². The number of carbonyl (C=O) groups excluding carboxylic acids is 2. The third kappa shape index (κ3) is 3.28. The van der Waals surface area contributed by atoms with Gasteiger partial charge in [-0.15, -0.1) is 0 Å². The molecule has 1 fully saturated rings. The van der Waals surface area contributed by atoms with Gasteiger partial charge in [-0.3, -0.25) is 4.79 Å². The SMILES string of the molecule is COC(=O)c1nc(C)n(CCCC(=O)NC2CC2)c1N. The first-order valence-electron chi connectivity index (χ1n) is 6.73. The quantitative estimate of drug-likeness (QED) is 0.744. The van der Waals surface area contributed by atoms with Crippen molar-refractivity contribution in [2.45, 2.75) is 45.2 Å². The molecule has 1 aromatic heterocycles. The number of carbonyl (C=O) groups is 2. The number of hydrogen-bond acceptors (Lipinski definition) is 5. The number of ether oxygens (including phenoxy) is 1. The standard InChI is InChI=1S/C13H20N4O3/c1-8-15-11(13(19)20-2)12(14)17(8)7-3-4-10(18)16-9-5-6-9/h9H,3-7,14H2,1-2H3,(H,16,18). The number of esters is 1. The number of nitrogens with zero attached hydrogens (tertiary/aromatic N) is 2. The first-order valence-corrected chi connectivity index (χ1v) is 6.73. The fraction of sp³-hybridized carbons (Fsp3) is 0.615. The molecule has 7 heteroatoms. The number of nitrogens with one attached hydrogen (secondary N) is 1. The van der Waals surface area contributed by atoms with E-state index in [-0.39, 0.29) is 17.4 Å². The zero-order valence-electron chi connectivity index (χ0n) is 11.8. The summed E-state index contributed by atoms with van der Waals surface area (Å²) in [5.74, 6) is 0.454. The summed E-state index contributed by atoms with van der Waals surface area (Å²) < 4.78 is 6.35. The fourth-order valence-corrected chi connectivity index (χ4v) is 2.04. The van der Waals surface area contributed by atoms with E-state index in [9.17, 15) is 9.59 Å². The van der Waals surface area contributed by atoms with Gasteiger partial charge in [0, 0.05) is 19.0 Å². The van der Waals surface area contributed by atoms with Crippen molar-refractivity contribution in [3.05, 3.63) is 11.5 Å². The van der Waals surface area contributed by atoms with Crippen molar-refractivity contribution in [2.24, 2.45) is 0 Å². The lowest BCUT2D eigenvalue weighted by Gasteiger charge is -2.08. The lowest BCUT2D eigenvalue weighted by atomic mass is 10.3. The Balaban J connectivity index is 1.90. The highest BCUT2D eigenvalue weighted by Gasteiger charge is 2.23. The lowest BCUT2D eigenvalue weighted by Crippen LogP contribution is -2.25. The monoisotopic (exact) mass is 280 g/mol. The van der Waals surface area contributed by atoms with Gasteiger partial charge in [-0.1, -0.05) is 0 Å². The van der Waals surface area contributed by atoms with Gasteiger partial charge in [0.15, 0.2) is 5.69 Å². The first kappa shape index (κ1) is 14.4. The number of amides is 1. The summed E-state index contributed by atoms with van der Waals surface area (Å²) in [5.41, 5.74) is 6.02. The minimum Gasteiger partial charge on any atom is -0.464 e. The van der Waals surface area contributed by atoms with Crippen molar-refractivity contribution in [3.8, 4) is 0 Å². The molecule has 1 heterocycles. The van der Waals surface area contributed by atoms with E-state index in [2.05, 4.69) is 15.0 Å². The Morgan fingerprint density at radius 3 is 2.80 bits per heavy atom. The molecule has 0 atom stereocenters. The summed E-state index contributed by atoms with van der Waals surface area (Å²) in [6, 6.07) is 0.383. The molecule has 20 heavy (non-hydrogen) atoms. The number of methoxy groups -OCH3 is 1. The van der Waals surface area contributed by atoms with E-state index in [0.717, 1.165) is 12.8 Å². The molecular weight excluding hydrogens is 260 g/mol. The fourth-order valence-electron chi connectivity index (χ4n) is 2.04. The molecule has 1 saturated carbocycles. The summed E-state index contributed by atoms with van der Waals surface area (Å²) in [5, 5.41) is 2.93. The number of rotatable bonds is 6. The van der Waals surface area contributed by atoms with E-state index in [0.29, 0.717) is 31.3 Å². The molecule has 110 valence electrons. The van der Waals surface area contributed by atoms with Crippen LogP contribution in [0.4, 0.5) is 5.82 Å². The Kier molecular flexibility index (Phi) is 4.26. The van der Waals surface area contributed by atoms with Crippen LogP contribution in [-0.4, -0.2) is 34.6 Å². The molecule has 0 spiro atoms. The van der Waals surface area contributed by atoms with Gasteiger partial charge in [0.1, 0.15) is 11.6 Å². The molecule has 7 nitrogen and oxygen atoms in total. The topological polar surface area (TPSA) is 99.2 Å². The van der Waals surface area contributed by atoms with Gasteiger partial charge < -0.3 is 20.4 Å². The van der Waals surface area contributed by atoms with Gasteiger partial charge in [-0.25, -0.2) is 9.78 Å². The average Bonchev–Trinajstić information content (AvgIpc) is 3.18. The molecule has 0 aliphatic heterocycles. The maximum Gasteiger partial charge on any atom is 0.360 e. The molecule has 0 saturated heterocycles. The van der Waals surface area contributed by atoms with Crippen LogP contribution in [0.25, 0.3) is 0 Å². The molecule has 0 aromatic carbocycles. The first-order chi connectivity index (χ1) is 9.52. The molecule has 0 bridgehead atoms. The smallest absolute Gasteiger partial charge is 0.360 e. The maximum absolute atomic E-state index is 11.6. The summed E-state index contributed by atoms with van der Waals surface area (Å²) in [6.45, 7) is 2.33. The number of aryl methyl sites for hydroxylation is 1. The van der Waals surface area contributed by atoms with Crippen molar-refractivity contribution < 1.29 is 14.3 Å². The lowest BCUT2D eigenvalue weighted by molar-refractivity contribution is -0.121. The van der Waals surface area contributed by atoms with Crippen molar-refractivity contribution in [3.63, 3.8) is 0 Å². The Bertz CT molecular complexity index is 520. The number of aromatic nitrogens is 2. The number of nitrogen functional groups attached to an aromatic ring is 1. The average molecular weight is 280 g/mol. The van der Waals surface area contributed by atoms with Crippen LogP contribution in [0.3, 0.4) is 0 Å². The molecular formula is C13H20N4O3. The molecule has 0 unspecified atom stereocenters. The number of hydrogen-bond donors (Lipinski definition) is 2. The van der Waals surface area contributed by atoms with Crippen LogP contribution in [0.15, 0.2) is 0 Å². The second-order valence-corrected chi connectivity index (χ2v) is 4.98. The summed E-state index contributed by atoms with van der Waals surface area (Å²) in [6.07, 6.45) is 3.27. The summed E-state index contributed by atoms with van der Waals surface area (Å²) >= 11 is 0. The number of nitrogens with two attached hydrogens (primary N) is 1. The zero-order chi connectivity index (χ0) is 14.7. The second-order valence-electron chi connectivity index (χ2n) is 4.98. The van der Waals surface area contributed by atoms with Crippen LogP contribution < -0.4 is 11.1 Å². The molecule has 3 N–H and O–H groups in total. The van der Waals surface area contributed by atoms with E-state index >= 15 is 0 Å². The maximum atomic E-state index is 11.6. The van der Waals surface area contributed by atoms with Crippen molar-refractivity contribution in [1.29, 1.82) is 0 Å². The van der Waals surface area contributed by atoms with Gasteiger partial charge in [-0.2, -0.15) is 0 Å². The van der Waals surface area contributed by atoms with Crippen molar-refractivity contribution >= 4 is 17.7 Å². The van der Waals surface area contributed by atoms with Crippen LogP contribution in [0.1, 0.15) is 42.0 Å². The van der Waals surface area contributed by atoms with Gasteiger partial charge >= 0.3 is 5.97 Å². The third-order valence-corrected chi connectivity index (χ3v) is 3.30. The Morgan fingerprint density at radius 1 is 1.50 bits per heavy atom. The van der Waals surface area contributed by atoms with Crippen molar-refractivity contribution in [1.82, 2.24) is 14.9 Å². The minimum atomic E-state index is -0.546. The highest BCUT2D eigenvalue weighted by Crippen LogP contribution is 2.19. The van der Waals surface area contributed by atoms with Crippen LogP contribution in [0.5, 0.6) is 0 Å². The van der Waals surface area contributed by atoms with E-state index < -0.39 is 5.97 Å². The van der Waals surface area contributed by atoms with Crippen LogP contribution in [0, 0.1) is 6.92 Å². The largest absolute Gasteiger partial charge is 0.464 e. The predicted molar refractivity (Wildman–Crippen MR) is 73.1 cm³/mol. The highest BCUT2D eigenvalue weighted by atomic mass is 16.5. The Labute approximate surface area is 117 Å². The molecule has 2 rings (SSSR count).